The maximum Gasteiger partial charge on any atom is 0.192 e. The summed E-state index contributed by atoms with van der Waals surface area (Å²) in [6.07, 6.45) is 0. The van der Waals surface area contributed by atoms with Crippen LogP contribution in [0.5, 0.6) is 0 Å². The Bertz CT molecular complexity index is 740. The smallest absolute Gasteiger partial charge is 0.192 e. The molecule has 0 spiro atoms. The lowest BCUT2D eigenvalue weighted by Crippen LogP contribution is -2.15. The van der Waals surface area contributed by atoms with Crippen LogP contribution in [-0.2, 0) is 5.41 Å². The van der Waals surface area contributed by atoms with Gasteiger partial charge in [0.2, 0.25) is 0 Å². The predicted molar refractivity (Wildman–Crippen MR) is 86.3 cm³/mol. The second-order valence-corrected chi connectivity index (χ2v) is 7.37. The Morgan fingerprint density at radius 1 is 1.11 bits per heavy atom. The van der Waals surface area contributed by atoms with Crippen molar-refractivity contribution in [1.29, 1.82) is 0 Å². The molecule has 0 bridgehead atoms. The van der Waals surface area contributed by atoms with Crippen molar-refractivity contribution in [2.75, 3.05) is 0 Å². The number of nitrogens with zero attached hydrogens (tertiary/aromatic N) is 2. The van der Waals surface area contributed by atoms with Gasteiger partial charge in [0, 0.05) is 43.5 Å². The Morgan fingerprint density at radius 2 is 1.83 bits per heavy atom. The molecule has 92 valence electrons. The Morgan fingerprint density at radius 3 is 2.56 bits per heavy atom. The van der Waals surface area contributed by atoms with Crippen LogP contribution in [0.1, 0.15) is 26.5 Å². The summed E-state index contributed by atoms with van der Waals surface area (Å²) in [5.41, 5.74) is 1.18. The highest BCUT2D eigenvalue weighted by Crippen LogP contribution is 2.38. The third kappa shape index (κ3) is 1.91. The van der Waals surface area contributed by atoms with Gasteiger partial charge in [0.15, 0.2) is 3.83 Å². The van der Waals surface area contributed by atoms with Crippen LogP contribution in [0.15, 0.2) is 24.3 Å². The van der Waals surface area contributed by atoms with Gasteiger partial charge in [-0.3, -0.25) is 0 Å². The van der Waals surface area contributed by atoms with E-state index in [4.69, 9.17) is 0 Å². The fourth-order valence-electron chi connectivity index (χ4n) is 2.14. The first-order valence-corrected chi connectivity index (χ1v) is 7.71. The van der Waals surface area contributed by atoms with Crippen molar-refractivity contribution >= 4 is 54.2 Å². The molecule has 0 saturated carbocycles. The zero-order valence-electron chi connectivity index (χ0n) is 10.5. The van der Waals surface area contributed by atoms with Gasteiger partial charge in [0.1, 0.15) is 4.83 Å². The molecule has 0 aliphatic heterocycles. The van der Waals surface area contributed by atoms with Gasteiger partial charge in [-0.1, -0.05) is 39.0 Å². The van der Waals surface area contributed by atoms with Crippen LogP contribution in [0.3, 0.4) is 0 Å². The van der Waals surface area contributed by atoms with Crippen LogP contribution in [0.4, 0.5) is 0 Å². The third-order valence-corrected chi connectivity index (χ3v) is 4.47. The first-order chi connectivity index (χ1) is 8.47. The van der Waals surface area contributed by atoms with Crippen molar-refractivity contribution in [3.05, 3.63) is 33.8 Å². The normalized spacial score (nSPS) is 12.4. The van der Waals surface area contributed by atoms with Crippen molar-refractivity contribution in [3.8, 4) is 0 Å². The molecule has 0 atom stereocenters. The summed E-state index contributed by atoms with van der Waals surface area (Å²) in [7, 11) is 0. The fraction of sp³-hybridized carbons (Fsp3) is 0.286. The largest absolute Gasteiger partial charge is 0.227 e. The van der Waals surface area contributed by atoms with Crippen molar-refractivity contribution in [2.24, 2.45) is 0 Å². The van der Waals surface area contributed by atoms with Crippen molar-refractivity contribution in [2.45, 2.75) is 26.2 Å². The molecule has 0 aliphatic carbocycles. The molecular formula is C14H13IN2S. The Hall–Kier alpha value is -0.750. The van der Waals surface area contributed by atoms with Gasteiger partial charge in [-0.25, -0.2) is 9.97 Å². The van der Waals surface area contributed by atoms with Crippen molar-refractivity contribution < 1.29 is 0 Å². The molecule has 2 heterocycles. The molecule has 0 radical (unpaired) electrons. The summed E-state index contributed by atoms with van der Waals surface area (Å²) >= 11 is 3.95. The quantitative estimate of drug-likeness (QED) is 0.423. The van der Waals surface area contributed by atoms with Gasteiger partial charge < -0.3 is 0 Å². The van der Waals surface area contributed by atoms with E-state index in [2.05, 4.69) is 77.6 Å². The lowest BCUT2D eigenvalue weighted by Gasteiger charge is -2.19. The molecule has 3 rings (SSSR count). The molecular weight excluding hydrogens is 355 g/mol. The molecule has 0 N–H and O–H groups in total. The van der Waals surface area contributed by atoms with E-state index in [-0.39, 0.29) is 5.41 Å². The van der Waals surface area contributed by atoms with Gasteiger partial charge in [-0.2, -0.15) is 0 Å². The maximum atomic E-state index is 4.68. The topological polar surface area (TPSA) is 25.8 Å². The van der Waals surface area contributed by atoms with E-state index in [1.165, 1.54) is 15.5 Å². The number of rotatable bonds is 0. The number of aromatic nitrogens is 2. The summed E-state index contributed by atoms with van der Waals surface area (Å²) in [5.74, 6) is 0. The summed E-state index contributed by atoms with van der Waals surface area (Å²) in [6.45, 7) is 6.62. The van der Waals surface area contributed by atoms with Crippen molar-refractivity contribution in [3.63, 3.8) is 0 Å². The number of halogens is 1. The summed E-state index contributed by atoms with van der Waals surface area (Å²) in [5, 5.41) is 2.50. The Labute approximate surface area is 124 Å². The minimum Gasteiger partial charge on any atom is -0.227 e. The number of benzene rings is 1. The first kappa shape index (κ1) is 12.3. The molecule has 0 unspecified atom stereocenters. The molecule has 2 nitrogen and oxygen atoms in total. The van der Waals surface area contributed by atoms with Gasteiger partial charge in [-0.05, 0) is 6.07 Å². The van der Waals surface area contributed by atoms with E-state index >= 15 is 0 Å². The summed E-state index contributed by atoms with van der Waals surface area (Å²) in [6, 6.07) is 8.48. The molecule has 1 aromatic carbocycles. The number of hydrogen-bond donors (Lipinski definition) is 0. The van der Waals surface area contributed by atoms with E-state index in [1.807, 2.05) is 0 Å². The van der Waals surface area contributed by atoms with E-state index in [0.717, 1.165) is 14.4 Å². The molecule has 2 aromatic heterocycles. The predicted octanol–water partition coefficient (Wildman–Crippen LogP) is 4.75. The third-order valence-electron chi connectivity index (χ3n) is 2.92. The van der Waals surface area contributed by atoms with Gasteiger partial charge in [0.25, 0.3) is 0 Å². The Balaban J connectivity index is 2.54. The van der Waals surface area contributed by atoms with Crippen LogP contribution in [-0.4, -0.2) is 9.97 Å². The lowest BCUT2D eigenvalue weighted by atomic mass is 9.89. The van der Waals surface area contributed by atoms with Crippen LogP contribution >= 0.6 is 33.9 Å². The van der Waals surface area contributed by atoms with Crippen molar-refractivity contribution in [1.82, 2.24) is 9.97 Å². The zero-order chi connectivity index (χ0) is 12.9. The maximum absolute atomic E-state index is 4.68. The second kappa shape index (κ2) is 4.13. The molecule has 18 heavy (non-hydrogen) atoms. The second-order valence-electron chi connectivity index (χ2n) is 5.37. The lowest BCUT2D eigenvalue weighted by molar-refractivity contribution is 0.573. The average molecular weight is 368 g/mol. The highest BCUT2D eigenvalue weighted by atomic mass is 127. The van der Waals surface area contributed by atoms with E-state index in [1.54, 1.807) is 11.3 Å². The highest BCUT2D eigenvalue weighted by molar-refractivity contribution is 14.1. The summed E-state index contributed by atoms with van der Waals surface area (Å²) in [4.78, 5) is 10.4. The van der Waals surface area contributed by atoms with Gasteiger partial charge in [0.05, 0.1) is 5.69 Å². The van der Waals surface area contributed by atoms with E-state index in [9.17, 15) is 0 Å². The van der Waals surface area contributed by atoms with E-state index < -0.39 is 0 Å². The van der Waals surface area contributed by atoms with Crippen LogP contribution < -0.4 is 0 Å². The molecule has 3 aromatic rings. The Kier molecular flexibility index (Phi) is 2.82. The molecule has 0 aliphatic rings. The molecule has 0 saturated heterocycles. The minimum absolute atomic E-state index is 0.0327. The molecule has 4 heteroatoms. The summed E-state index contributed by atoms with van der Waals surface area (Å²) < 4.78 is 2.12. The number of hydrogen-bond acceptors (Lipinski definition) is 3. The number of fused-ring (bicyclic) bond motifs is 3. The average Bonchev–Trinajstić information content (AvgIpc) is 2.64. The minimum atomic E-state index is 0.0327. The zero-order valence-corrected chi connectivity index (χ0v) is 13.5. The standard InChI is InChI=1S/C14H13IN2S/c1-14(2,3)11-10-8-6-4-5-7-9(8)18-12(10)17-13(15)16-11/h4-7H,1-3H3. The van der Waals surface area contributed by atoms with E-state index in [0.29, 0.717) is 0 Å². The molecule has 0 amide bonds. The van der Waals surface area contributed by atoms with Gasteiger partial charge in [-0.15, -0.1) is 11.3 Å². The SMILES string of the molecule is CC(C)(C)c1nc(I)nc2sc3ccccc3c12. The highest BCUT2D eigenvalue weighted by Gasteiger charge is 2.22. The van der Waals surface area contributed by atoms with Crippen LogP contribution in [0.2, 0.25) is 0 Å². The fourth-order valence-corrected chi connectivity index (χ4v) is 3.86. The van der Waals surface area contributed by atoms with Crippen LogP contribution in [0, 0.1) is 3.83 Å². The van der Waals surface area contributed by atoms with Gasteiger partial charge >= 0.3 is 0 Å². The number of thiophene rings is 1. The molecule has 0 fully saturated rings. The first-order valence-electron chi connectivity index (χ1n) is 5.82. The monoisotopic (exact) mass is 368 g/mol. The van der Waals surface area contributed by atoms with Crippen LogP contribution in [0.25, 0.3) is 20.3 Å².